The lowest BCUT2D eigenvalue weighted by Crippen LogP contribution is -2.49. The molecule has 2 aromatic rings. The van der Waals surface area contributed by atoms with Crippen LogP contribution in [0.3, 0.4) is 0 Å². The Morgan fingerprint density at radius 2 is 1.68 bits per heavy atom. The van der Waals surface area contributed by atoms with Crippen molar-refractivity contribution in [3.8, 4) is 0 Å². The van der Waals surface area contributed by atoms with Crippen LogP contribution in [0.4, 0.5) is 11.6 Å². The summed E-state index contributed by atoms with van der Waals surface area (Å²) >= 11 is 1.75. The quantitative estimate of drug-likeness (QED) is 0.773. The summed E-state index contributed by atoms with van der Waals surface area (Å²) in [6, 6.07) is 4.24. The van der Waals surface area contributed by atoms with E-state index in [-0.39, 0.29) is 5.91 Å². The third-order valence-corrected chi connectivity index (χ3v) is 6.89. The molecule has 0 radical (unpaired) electrons. The molecule has 2 saturated heterocycles. The first-order chi connectivity index (χ1) is 13.7. The van der Waals surface area contributed by atoms with Crippen molar-refractivity contribution in [3.63, 3.8) is 0 Å². The van der Waals surface area contributed by atoms with Gasteiger partial charge in [0.2, 0.25) is 5.91 Å². The first-order valence-corrected chi connectivity index (χ1v) is 11.2. The average Bonchev–Trinajstić information content (AvgIpc) is 3.17. The molecule has 150 valence electrons. The number of piperidine rings is 1. The number of piperazine rings is 1. The first kappa shape index (κ1) is 19.2. The number of nitrogens with zero attached hydrogens (tertiary/aromatic N) is 5. The summed E-state index contributed by atoms with van der Waals surface area (Å²) in [4.78, 5) is 29.5. The van der Waals surface area contributed by atoms with E-state index in [1.165, 1.54) is 29.7 Å². The number of aromatic nitrogens is 2. The highest BCUT2D eigenvalue weighted by Crippen LogP contribution is 2.22. The maximum atomic E-state index is 12.6. The van der Waals surface area contributed by atoms with Gasteiger partial charge in [-0.05, 0) is 49.6 Å². The van der Waals surface area contributed by atoms with Gasteiger partial charge < -0.3 is 14.7 Å². The summed E-state index contributed by atoms with van der Waals surface area (Å²) in [6.07, 6.45) is 6.94. The minimum atomic E-state index is 0.268. The molecule has 2 aliphatic rings. The van der Waals surface area contributed by atoms with Gasteiger partial charge in [-0.1, -0.05) is 0 Å². The molecule has 0 saturated carbocycles. The zero-order chi connectivity index (χ0) is 19.3. The van der Waals surface area contributed by atoms with Gasteiger partial charge in [0.15, 0.2) is 0 Å². The van der Waals surface area contributed by atoms with Gasteiger partial charge in [0.25, 0.3) is 0 Å². The van der Waals surface area contributed by atoms with Crippen LogP contribution in [-0.4, -0.2) is 60.0 Å². The summed E-state index contributed by atoms with van der Waals surface area (Å²) in [5.41, 5.74) is 1.30. The summed E-state index contributed by atoms with van der Waals surface area (Å²) < 4.78 is 0. The summed E-state index contributed by atoms with van der Waals surface area (Å²) in [6.45, 7) is 7.50. The third-order valence-electron chi connectivity index (χ3n) is 5.81. The number of carbonyl (C=O) groups is 1. The Kier molecular flexibility index (Phi) is 6.10. The van der Waals surface area contributed by atoms with E-state index in [0.29, 0.717) is 6.42 Å². The minimum Gasteiger partial charge on any atom is -0.356 e. The van der Waals surface area contributed by atoms with Crippen molar-refractivity contribution in [1.82, 2.24) is 14.9 Å². The highest BCUT2D eigenvalue weighted by atomic mass is 32.1. The Morgan fingerprint density at radius 3 is 2.32 bits per heavy atom. The second kappa shape index (κ2) is 8.90. The van der Waals surface area contributed by atoms with E-state index in [1.54, 1.807) is 17.7 Å². The SMILES string of the molecule is Cc1ccsc1CCC(=O)N1CCN(c2cc(N3CCCCC3)ncn2)CC1. The molecule has 28 heavy (non-hydrogen) atoms. The predicted molar refractivity (Wildman–Crippen MR) is 114 cm³/mol. The van der Waals surface area contributed by atoms with Crippen molar-refractivity contribution >= 4 is 28.9 Å². The van der Waals surface area contributed by atoms with Gasteiger partial charge in [0.1, 0.15) is 18.0 Å². The third kappa shape index (κ3) is 4.46. The first-order valence-electron chi connectivity index (χ1n) is 10.3. The zero-order valence-electron chi connectivity index (χ0n) is 16.6. The van der Waals surface area contributed by atoms with Crippen LogP contribution in [0, 0.1) is 6.92 Å². The Morgan fingerprint density at radius 1 is 1.00 bits per heavy atom. The Balaban J connectivity index is 1.30. The Labute approximate surface area is 171 Å². The Hall–Kier alpha value is -2.15. The largest absolute Gasteiger partial charge is 0.356 e. The number of aryl methyl sites for hydroxylation is 2. The molecule has 0 bridgehead atoms. The predicted octanol–water partition coefficient (Wildman–Crippen LogP) is 3.12. The number of hydrogen-bond acceptors (Lipinski definition) is 6. The number of rotatable bonds is 5. The summed E-state index contributed by atoms with van der Waals surface area (Å²) in [7, 11) is 0. The average molecular weight is 400 g/mol. The van der Waals surface area contributed by atoms with Crippen LogP contribution in [0.25, 0.3) is 0 Å². The van der Waals surface area contributed by atoms with Gasteiger partial charge in [0.05, 0.1) is 0 Å². The molecule has 7 heteroatoms. The van der Waals surface area contributed by atoms with Crippen LogP contribution < -0.4 is 9.80 Å². The second-order valence-corrected chi connectivity index (χ2v) is 8.68. The fourth-order valence-corrected chi connectivity index (χ4v) is 4.94. The number of amides is 1. The van der Waals surface area contributed by atoms with E-state index in [2.05, 4.69) is 44.2 Å². The molecule has 4 rings (SSSR count). The van der Waals surface area contributed by atoms with Crippen molar-refractivity contribution in [2.45, 2.75) is 39.0 Å². The molecule has 0 spiro atoms. The molecule has 6 nitrogen and oxygen atoms in total. The van der Waals surface area contributed by atoms with Crippen molar-refractivity contribution in [1.29, 1.82) is 0 Å². The Bertz CT molecular complexity index is 794. The molecule has 0 N–H and O–H groups in total. The van der Waals surface area contributed by atoms with Gasteiger partial charge in [-0.2, -0.15) is 0 Å². The molecule has 0 atom stereocenters. The van der Waals surface area contributed by atoms with E-state index in [4.69, 9.17) is 0 Å². The molecule has 0 unspecified atom stereocenters. The number of thiophene rings is 1. The molecule has 0 aliphatic carbocycles. The molecular weight excluding hydrogens is 370 g/mol. The van der Waals surface area contributed by atoms with Crippen LogP contribution in [0.5, 0.6) is 0 Å². The van der Waals surface area contributed by atoms with E-state index < -0.39 is 0 Å². The zero-order valence-corrected chi connectivity index (χ0v) is 17.5. The number of anilines is 2. The highest BCUT2D eigenvalue weighted by Gasteiger charge is 2.23. The number of hydrogen-bond donors (Lipinski definition) is 0. The van der Waals surface area contributed by atoms with Gasteiger partial charge in [-0.25, -0.2) is 9.97 Å². The van der Waals surface area contributed by atoms with Crippen LogP contribution in [-0.2, 0) is 11.2 Å². The van der Waals surface area contributed by atoms with Gasteiger partial charge in [-0.15, -0.1) is 11.3 Å². The van der Waals surface area contributed by atoms with E-state index in [0.717, 1.165) is 57.3 Å². The maximum absolute atomic E-state index is 12.6. The smallest absolute Gasteiger partial charge is 0.223 e. The standard InChI is InChI=1S/C21H29N5OS/c1-17-7-14-28-18(17)5-6-21(27)26-12-10-25(11-13-26)20-15-19(22-16-23-20)24-8-3-2-4-9-24/h7,14-16H,2-6,8-13H2,1H3. The lowest BCUT2D eigenvalue weighted by Gasteiger charge is -2.36. The molecule has 2 fully saturated rings. The lowest BCUT2D eigenvalue weighted by molar-refractivity contribution is -0.131. The second-order valence-electron chi connectivity index (χ2n) is 7.68. The van der Waals surface area contributed by atoms with Gasteiger partial charge in [-0.3, -0.25) is 4.79 Å². The van der Waals surface area contributed by atoms with Gasteiger partial charge >= 0.3 is 0 Å². The number of carbonyl (C=O) groups excluding carboxylic acids is 1. The minimum absolute atomic E-state index is 0.268. The molecule has 2 aliphatic heterocycles. The van der Waals surface area contributed by atoms with Gasteiger partial charge in [0, 0.05) is 56.6 Å². The molecule has 2 aromatic heterocycles. The summed E-state index contributed by atoms with van der Waals surface area (Å²) in [5, 5.41) is 2.10. The highest BCUT2D eigenvalue weighted by molar-refractivity contribution is 7.10. The normalized spacial score (nSPS) is 17.8. The molecule has 0 aromatic carbocycles. The fourth-order valence-electron chi connectivity index (χ4n) is 4.03. The molecular formula is C21H29N5OS. The van der Waals surface area contributed by atoms with Crippen LogP contribution in [0.1, 0.15) is 36.1 Å². The van der Waals surface area contributed by atoms with E-state index >= 15 is 0 Å². The van der Waals surface area contributed by atoms with E-state index in [9.17, 15) is 4.79 Å². The molecule has 1 amide bonds. The van der Waals surface area contributed by atoms with Crippen LogP contribution in [0.2, 0.25) is 0 Å². The lowest BCUT2D eigenvalue weighted by atomic mass is 10.1. The maximum Gasteiger partial charge on any atom is 0.223 e. The summed E-state index contributed by atoms with van der Waals surface area (Å²) in [5.74, 6) is 2.29. The molecule has 4 heterocycles. The fraction of sp³-hybridized carbons (Fsp3) is 0.571. The van der Waals surface area contributed by atoms with E-state index in [1.807, 2.05) is 4.90 Å². The van der Waals surface area contributed by atoms with Crippen molar-refractivity contribution in [2.75, 3.05) is 49.1 Å². The van der Waals surface area contributed by atoms with Crippen molar-refractivity contribution in [3.05, 3.63) is 34.3 Å². The van der Waals surface area contributed by atoms with Crippen LogP contribution in [0.15, 0.2) is 23.8 Å². The van der Waals surface area contributed by atoms with Crippen molar-refractivity contribution in [2.24, 2.45) is 0 Å². The topological polar surface area (TPSA) is 52.6 Å². The van der Waals surface area contributed by atoms with Crippen LogP contribution >= 0.6 is 11.3 Å². The monoisotopic (exact) mass is 399 g/mol. The van der Waals surface area contributed by atoms with Crippen molar-refractivity contribution < 1.29 is 4.79 Å².